The molecule has 4 saturated heterocycles. The molecule has 0 aliphatic carbocycles. The number of aromatic nitrogens is 12. The third-order valence-corrected chi connectivity index (χ3v) is 22.0. The van der Waals surface area contributed by atoms with Gasteiger partial charge in [-0.1, -0.05) is 74.5 Å². The highest BCUT2D eigenvalue weighted by Gasteiger charge is 2.52. The van der Waals surface area contributed by atoms with Crippen LogP contribution in [0.25, 0.3) is 22.3 Å². The van der Waals surface area contributed by atoms with Gasteiger partial charge in [0.2, 0.25) is 0 Å². The second kappa shape index (κ2) is 36.1. The van der Waals surface area contributed by atoms with Crippen LogP contribution in [-0.2, 0) is 94.8 Å². The van der Waals surface area contributed by atoms with Gasteiger partial charge in [-0.15, -0.1) is 0 Å². The molecule has 4 aliphatic rings. The van der Waals surface area contributed by atoms with Crippen molar-refractivity contribution in [1.29, 1.82) is 0 Å². The van der Waals surface area contributed by atoms with E-state index in [0.717, 1.165) is 33.3 Å². The maximum atomic E-state index is 14.5. The van der Waals surface area contributed by atoms with Gasteiger partial charge in [-0.2, -0.15) is 0 Å². The maximum absolute atomic E-state index is 14.5. The first-order chi connectivity index (χ1) is 50.3. The zero-order valence-corrected chi connectivity index (χ0v) is 60.5. The van der Waals surface area contributed by atoms with Crippen molar-refractivity contribution in [2.75, 3.05) is 64.7 Å². The van der Waals surface area contributed by atoms with Crippen LogP contribution in [0.3, 0.4) is 0 Å². The Bertz CT molecular complexity index is 4580. The Labute approximate surface area is 605 Å². The largest absolute Gasteiger partial charge is 0.466 e. The first kappa shape index (κ1) is 79.6. The van der Waals surface area contributed by atoms with Crippen LogP contribution >= 0.6 is 24.9 Å². The Morgan fingerprint density at radius 1 is 0.619 bits per heavy atom. The molecule has 4 fully saturated rings. The summed E-state index contributed by atoms with van der Waals surface area (Å²) >= 11 is 5.72. The van der Waals surface area contributed by atoms with E-state index >= 15 is 0 Å². The number of nitrogens with one attached hydrogen (secondary N) is 2. The van der Waals surface area contributed by atoms with Crippen LogP contribution in [0.15, 0.2) is 130 Å². The molecule has 12 rings (SSSR count). The van der Waals surface area contributed by atoms with Gasteiger partial charge in [0.1, 0.15) is 90.9 Å². The molecule has 4 aliphatic heterocycles. The summed E-state index contributed by atoms with van der Waals surface area (Å²) in [6.45, 7) is -4.50. The van der Waals surface area contributed by atoms with Gasteiger partial charge in [0, 0.05) is 63.0 Å². The summed E-state index contributed by atoms with van der Waals surface area (Å²) < 4.78 is 87.9. The molecule has 18 atom stereocenters. The molecule has 42 heteroatoms. The van der Waals surface area contributed by atoms with E-state index in [0.29, 0.717) is 46.7 Å². The number of rotatable bonds is 28. The number of nitrogens with two attached hydrogens (primary N) is 2. The van der Waals surface area contributed by atoms with Crippen molar-refractivity contribution < 1.29 is 95.5 Å². The Morgan fingerprint density at radius 3 is 1.49 bits per heavy atom. The van der Waals surface area contributed by atoms with Gasteiger partial charge >= 0.3 is 36.8 Å². The van der Waals surface area contributed by atoms with Crippen molar-refractivity contribution >= 4 is 82.6 Å². The topological polar surface area (TPSA) is 512 Å². The fourth-order valence-corrected chi connectivity index (χ4v) is 16.1. The van der Waals surface area contributed by atoms with Crippen molar-refractivity contribution in [3.05, 3.63) is 163 Å². The van der Waals surface area contributed by atoms with E-state index in [9.17, 15) is 58.7 Å². The van der Waals surface area contributed by atoms with Gasteiger partial charge < -0.3 is 79.2 Å². The lowest BCUT2D eigenvalue weighted by molar-refractivity contribution is -0.147. The predicted molar refractivity (Wildman–Crippen MR) is 374 cm³/mol. The van der Waals surface area contributed by atoms with E-state index in [1.807, 2.05) is 74.5 Å². The zero-order chi connectivity index (χ0) is 75.3. The van der Waals surface area contributed by atoms with Crippen LogP contribution in [0, 0.1) is 11.8 Å². The fourth-order valence-electron chi connectivity index (χ4n) is 11.8. The molecule has 6 aromatic heterocycles. The third-order valence-electron chi connectivity index (χ3n) is 17.1. The number of H-pyrrole nitrogens is 2. The van der Waals surface area contributed by atoms with E-state index in [-0.39, 0.29) is 43.0 Å². The first-order valence-electron chi connectivity index (χ1n) is 32.7. The van der Waals surface area contributed by atoms with Gasteiger partial charge in [0.15, 0.2) is 35.4 Å². The maximum Gasteiger partial charge on any atom is 0.392 e. The molecule has 6 unspecified atom stereocenters. The number of aliphatic hydroxyl groups excluding tert-OH is 4. The predicted octanol–water partition coefficient (Wildman–Crippen LogP) is 1.69. The normalized spacial score (nSPS) is 26.0. The van der Waals surface area contributed by atoms with Gasteiger partial charge in [0.25, 0.3) is 11.1 Å². The number of imidazole rings is 2. The second-order valence-corrected chi connectivity index (χ2v) is 31.0. The number of benzene rings is 2. The standard InChI is InChI=1S/C31H38N7O12PS.C20H26N7O10PS.C12H16O2/c1-17(10-18-6-4-3-5-7-18)30(42)46-16-52-51(44,50-25-20(12-39)49-29(26(25)45-2)37-9-8-22(41)36-31(37)43)47-13-21-19(40)11-23(48-21)38-15-35-24-27(32)33-14-34-28(24)38;1-33-16-15(10(5-28)36-19(16)26-3-2-12(30)25-20(26)31)37-38(32,39)34-6-11-9(29)4-13(35-11)27-8-24-14-17(21)22-7-23-18(14)27;1-3-14-12(13)10(2)9-11-7-5-4-6-8-11/h3-9,14-15,17,19-21,23,25-26,29,39-40H,10-13,16H2,1-2H3,(H2,32,33,34)(H,36,41,43);2-3,7-11,13,15-16,19,28-29H,4-6H2,1H3,(H,32,39)(H2,21,22,23)(H,25,30,31);4-8,10H,3,9H2,1-2H3/t17?,19-,20-,21-,23-,25+,26?,29-,51?;9-,10-,11-,13-,15+,16?,19-,38?;/m11./s1. The average molecular weight is 1540 g/mol. The van der Waals surface area contributed by atoms with E-state index in [4.69, 9.17) is 79.3 Å². The molecule has 8 aromatic rings. The van der Waals surface area contributed by atoms with E-state index < -0.39 is 160 Å². The number of aliphatic hydroxyl groups is 4. The number of methoxy groups -OCH3 is 2. The number of fused-ring (bicyclic) bond motifs is 2. The highest BCUT2D eigenvalue weighted by Crippen LogP contribution is 2.63. The summed E-state index contributed by atoms with van der Waals surface area (Å²) in [7, 11) is 2.61. The molecule has 105 heavy (non-hydrogen) atoms. The SMILES string of the molecule is CCOC(=O)C(C)Cc1ccccc1.COC1[C@@H](OP(=O)(OC[C@H]2O[C@@H](n3cnc4c(N)ncnc43)C[C@H]2O)SCOC(=O)C(C)Cc2ccccc2)[C@@H](CO)O[C@H]1n1ccc(=O)[nH]c1=O.COC1[C@@H](OP(O)(=S)OC[C@H]2O[C@@H](n3cnc4c(N)ncnc43)C[C@H]2O)[C@@H](CO)O[C@H]1n1ccc(=O)[nH]c1=O. The Balaban J connectivity index is 0.000000195. The highest BCUT2D eigenvalue weighted by atomic mass is 32.7. The quantitative estimate of drug-likeness (QED) is 0.0191. The van der Waals surface area contributed by atoms with E-state index in [1.165, 1.54) is 57.5 Å². The number of carbonyl (C=O) groups is 2. The number of nitrogen functional groups attached to an aromatic ring is 2. The van der Waals surface area contributed by atoms with Crippen molar-refractivity contribution in [1.82, 2.24) is 58.1 Å². The summed E-state index contributed by atoms with van der Waals surface area (Å²) in [5, 5.41) is 41.6. The molecule has 0 spiro atoms. The number of nitrogens with zero attached hydrogens (tertiary/aromatic N) is 10. The molecule has 11 N–H and O–H groups in total. The van der Waals surface area contributed by atoms with Crippen LogP contribution in [0.4, 0.5) is 11.6 Å². The lowest BCUT2D eigenvalue weighted by atomic mass is 10.0. The Morgan fingerprint density at radius 2 is 1.06 bits per heavy atom. The van der Waals surface area contributed by atoms with Crippen LogP contribution in [0.2, 0.25) is 0 Å². The summed E-state index contributed by atoms with van der Waals surface area (Å²) in [5.74, 6) is -1.33. The summed E-state index contributed by atoms with van der Waals surface area (Å²) in [4.78, 5) is 112. The Hall–Kier alpha value is -7.93. The van der Waals surface area contributed by atoms with Gasteiger partial charge in [-0.25, -0.2) is 44.1 Å². The average Bonchev–Trinajstić information content (AvgIpc) is 1.65. The smallest absolute Gasteiger partial charge is 0.392 e. The van der Waals surface area contributed by atoms with Crippen molar-refractivity contribution in [2.45, 2.75) is 132 Å². The zero-order valence-electron chi connectivity index (χ0n) is 57.0. The van der Waals surface area contributed by atoms with Crippen LogP contribution in [0.5, 0.6) is 0 Å². The molecule has 568 valence electrons. The number of esters is 2. The minimum atomic E-state index is -4.39. The molecule has 0 radical (unpaired) electrons. The second-order valence-electron chi connectivity index (χ2n) is 24.3. The molecule has 0 bridgehead atoms. The number of ether oxygens (including phenoxy) is 8. The minimum absolute atomic E-state index is 0.0580. The van der Waals surface area contributed by atoms with E-state index in [1.54, 1.807) is 16.1 Å². The molecular weight excluding hydrogens is 1460 g/mol. The van der Waals surface area contributed by atoms with Crippen molar-refractivity contribution in [3.63, 3.8) is 0 Å². The van der Waals surface area contributed by atoms with Crippen LogP contribution in [-0.4, -0.2) is 210 Å². The summed E-state index contributed by atoms with van der Waals surface area (Å²) in [6, 6.07) is 21.6. The molecule has 2 aromatic carbocycles. The lowest BCUT2D eigenvalue weighted by Crippen LogP contribution is -2.40. The number of anilines is 2. The van der Waals surface area contributed by atoms with Crippen molar-refractivity contribution in [3.8, 4) is 0 Å². The van der Waals surface area contributed by atoms with Gasteiger partial charge in [0.05, 0.1) is 69.7 Å². The number of hydrogen-bond donors (Lipinski definition) is 9. The monoisotopic (exact) mass is 1540 g/mol. The summed E-state index contributed by atoms with van der Waals surface area (Å²) in [6.07, 6.45) is -5.19. The molecule has 10 heterocycles. The Kier molecular flexibility index (Phi) is 27.4. The molecule has 0 amide bonds. The highest BCUT2D eigenvalue weighted by molar-refractivity contribution is 8.55. The van der Waals surface area contributed by atoms with Gasteiger partial charge in [-0.3, -0.25) is 61.0 Å². The first-order valence-corrected chi connectivity index (χ1v) is 38.5. The number of carbonyl (C=O) groups excluding carboxylic acids is 2. The minimum Gasteiger partial charge on any atom is -0.466 e. The summed E-state index contributed by atoms with van der Waals surface area (Å²) in [5.41, 5.74) is 12.6. The molecule has 38 nitrogen and oxygen atoms in total. The van der Waals surface area contributed by atoms with Crippen LogP contribution in [0.1, 0.15) is 69.7 Å². The van der Waals surface area contributed by atoms with Crippen molar-refractivity contribution in [2.24, 2.45) is 11.8 Å². The lowest BCUT2D eigenvalue weighted by Gasteiger charge is -2.28. The van der Waals surface area contributed by atoms with E-state index in [2.05, 4.69) is 39.9 Å². The van der Waals surface area contributed by atoms with Gasteiger partial charge in [-0.05, 0) is 42.7 Å². The number of hydrogen-bond acceptors (Lipinski definition) is 33. The van der Waals surface area contributed by atoms with Crippen LogP contribution < -0.4 is 34.0 Å². The number of aromatic amines is 2. The fraction of sp³-hybridized carbons (Fsp3) is 0.492. The molecular formula is C63H80N14O24P2S2. The molecule has 0 saturated carbocycles. The third kappa shape index (κ3) is 19.6.